The predicted octanol–water partition coefficient (Wildman–Crippen LogP) is 2.18. The quantitative estimate of drug-likeness (QED) is 0.663. The van der Waals surface area contributed by atoms with Crippen LogP contribution in [0.4, 0.5) is 5.82 Å². The van der Waals surface area contributed by atoms with E-state index in [0.717, 1.165) is 22.2 Å². The van der Waals surface area contributed by atoms with Crippen molar-refractivity contribution in [1.82, 2.24) is 19.9 Å². The van der Waals surface area contributed by atoms with Gasteiger partial charge >= 0.3 is 0 Å². The Bertz CT molecular complexity index is 668. The van der Waals surface area contributed by atoms with Crippen LogP contribution in [0.1, 0.15) is 31.2 Å². The lowest BCUT2D eigenvalue weighted by Gasteiger charge is -2.12. The Kier molecular flexibility index (Phi) is 4.39. The summed E-state index contributed by atoms with van der Waals surface area (Å²) in [6.07, 6.45) is 1.49. The van der Waals surface area contributed by atoms with Gasteiger partial charge in [0.25, 0.3) is 5.56 Å². The van der Waals surface area contributed by atoms with E-state index in [1.165, 1.54) is 24.0 Å². The summed E-state index contributed by atoms with van der Waals surface area (Å²) in [4.78, 5) is 27.2. The highest BCUT2D eigenvalue weighted by atomic mass is 32.2. The van der Waals surface area contributed by atoms with Crippen molar-refractivity contribution in [3.63, 3.8) is 0 Å². The molecule has 20 heavy (non-hydrogen) atoms. The molecule has 2 aromatic heterocycles. The molecular weight excluding hydrogens is 274 g/mol. The van der Waals surface area contributed by atoms with Gasteiger partial charge in [0.2, 0.25) is 0 Å². The molecule has 2 aromatic rings. The van der Waals surface area contributed by atoms with Crippen LogP contribution in [0.3, 0.4) is 0 Å². The monoisotopic (exact) mass is 291 g/mol. The highest BCUT2D eigenvalue weighted by molar-refractivity contribution is 7.99. The molecule has 2 heterocycles. The Hall–Kier alpha value is -1.89. The van der Waals surface area contributed by atoms with E-state index in [1.807, 2.05) is 27.8 Å². The number of H-pyrrole nitrogens is 1. The smallest absolute Gasteiger partial charge is 0.251 e. The van der Waals surface area contributed by atoms with E-state index >= 15 is 0 Å². The van der Waals surface area contributed by atoms with E-state index in [-0.39, 0.29) is 11.5 Å². The van der Waals surface area contributed by atoms with Crippen LogP contribution in [0.25, 0.3) is 0 Å². The minimum Gasteiger partial charge on any atom is -0.373 e. The zero-order valence-corrected chi connectivity index (χ0v) is 12.7. The number of aromatic amines is 1. The van der Waals surface area contributed by atoms with Crippen molar-refractivity contribution in [3.05, 3.63) is 34.0 Å². The zero-order chi connectivity index (χ0) is 14.7. The molecule has 0 spiro atoms. The summed E-state index contributed by atoms with van der Waals surface area (Å²) in [6, 6.07) is 1.38. The molecule has 0 amide bonds. The fourth-order valence-corrected chi connectivity index (χ4v) is 2.45. The summed E-state index contributed by atoms with van der Waals surface area (Å²) in [5.41, 5.74) is 0.764. The normalized spacial score (nSPS) is 10.8. The minimum absolute atomic E-state index is 0.174. The number of hydrogen-bond acceptors (Lipinski definition) is 6. The molecule has 0 saturated heterocycles. The molecule has 0 fully saturated rings. The van der Waals surface area contributed by atoms with Crippen LogP contribution in [0, 0.1) is 6.92 Å². The van der Waals surface area contributed by atoms with E-state index in [0.29, 0.717) is 5.16 Å². The van der Waals surface area contributed by atoms with Gasteiger partial charge in [0.15, 0.2) is 5.16 Å². The van der Waals surface area contributed by atoms with Crippen molar-refractivity contribution in [3.8, 4) is 0 Å². The van der Waals surface area contributed by atoms with Crippen LogP contribution in [0.15, 0.2) is 27.2 Å². The Morgan fingerprint density at radius 1 is 1.35 bits per heavy atom. The molecule has 2 rings (SSSR count). The lowest BCUT2D eigenvalue weighted by atomic mass is 10.2. The Balaban J connectivity index is 2.44. The van der Waals surface area contributed by atoms with Crippen LogP contribution in [-0.4, -0.2) is 27.0 Å². The van der Waals surface area contributed by atoms with Gasteiger partial charge in [-0.3, -0.25) is 4.79 Å². The second kappa shape index (κ2) is 6.04. The maximum Gasteiger partial charge on any atom is 0.251 e. The summed E-state index contributed by atoms with van der Waals surface area (Å²) in [6.45, 7) is 6.03. The van der Waals surface area contributed by atoms with Crippen LogP contribution in [-0.2, 0) is 0 Å². The first-order chi connectivity index (χ1) is 9.51. The molecule has 7 heteroatoms. The van der Waals surface area contributed by atoms with E-state index in [4.69, 9.17) is 0 Å². The molecule has 6 nitrogen and oxygen atoms in total. The summed E-state index contributed by atoms with van der Waals surface area (Å²) in [5.74, 6) is 1.79. The largest absolute Gasteiger partial charge is 0.373 e. The van der Waals surface area contributed by atoms with Gasteiger partial charge in [0.05, 0.1) is 0 Å². The van der Waals surface area contributed by atoms with Crippen LogP contribution >= 0.6 is 11.8 Å². The summed E-state index contributed by atoms with van der Waals surface area (Å²) >= 11 is 1.33. The van der Waals surface area contributed by atoms with Crippen molar-refractivity contribution in [2.24, 2.45) is 0 Å². The van der Waals surface area contributed by atoms with Gasteiger partial charge in [-0.15, -0.1) is 0 Å². The lowest BCUT2D eigenvalue weighted by Crippen LogP contribution is -2.08. The molecule has 0 aliphatic heterocycles. The average molecular weight is 291 g/mol. The molecule has 0 saturated carbocycles. The topological polar surface area (TPSA) is 83.6 Å². The van der Waals surface area contributed by atoms with Gasteiger partial charge in [-0.2, -0.15) is 0 Å². The molecule has 0 aromatic carbocycles. The number of nitrogens with one attached hydrogen (secondary N) is 2. The van der Waals surface area contributed by atoms with E-state index in [9.17, 15) is 4.79 Å². The molecule has 0 radical (unpaired) electrons. The van der Waals surface area contributed by atoms with Gasteiger partial charge in [-0.05, 0) is 18.7 Å². The summed E-state index contributed by atoms with van der Waals surface area (Å²) in [5, 5.41) is 4.39. The van der Waals surface area contributed by atoms with Crippen molar-refractivity contribution in [2.75, 3.05) is 12.4 Å². The Labute approximate surface area is 121 Å². The van der Waals surface area contributed by atoms with Gasteiger partial charge in [-0.1, -0.05) is 13.8 Å². The fraction of sp³-hybridized carbons (Fsp3) is 0.385. The standard InChI is InChI=1S/C13H17N5OS/c1-7(2)10-17-11(14-4)8(3)12(18-10)20-13-15-6-5-9(19)16-13/h5-7H,1-4H3,(H,14,17,18)(H,15,16,19). The number of aromatic nitrogens is 4. The third-order valence-electron chi connectivity index (χ3n) is 2.71. The van der Waals surface area contributed by atoms with Crippen LogP contribution < -0.4 is 10.9 Å². The highest BCUT2D eigenvalue weighted by Crippen LogP contribution is 2.29. The van der Waals surface area contributed by atoms with Gasteiger partial charge in [-0.25, -0.2) is 15.0 Å². The van der Waals surface area contributed by atoms with Gasteiger partial charge in [0, 0.05) is 30.8 Å². The maximum atomic E-state index is 11.3. The minimum atomic E-state index is -0.174. The van der Waals surface area contributed by atoms with Gasteiger partial charge in [0.1, 0.15) is 16.7 Å². The second-order valence-electron chi connectivity index (χ2n) is 4.61. The maximum absolute atomic E-state index is 11.3. The Morgan fingerprint density at radius 2 is 2.10 bits per heavy atom. The lowest BCUT2D eigenvalue weighted by molar-refractivity contribution is 0.749. The zero-order valence-electron chi connectivity index (χ0n) is 11.9. The third-order valence-corrected chi connectivity index (χ3v) is 3.70. The van der Waals surface area contributed by atoms with Crippen LogP contribution in [0.2, 0.25) is 0 Å². The fourth-order valence-electron chi connectivity index (χ4n) is 1.61. The average Bonchev–Trinajstić information content (AvgIpc) is 2.41. The van der Waals surface area contributed by atoms with Crippen molar-refractivity contribution < 1.29 is 0 Å². The number of nitrogens with zero attached hydrogens (tertiary/aromatic N) is 3. The third kappa shape index (κ3) is 3.16. The number of rotatable bonds is 4. The summed E-state index contributed by atoms with van der Waals surface area (Å²) < 4.78 is 0. The molecule has 0 aliphatic rings. The first kappa shape index (κ1) is 14.5. The van der Waals surface area contributed by atoms with Gasteiger partial charge < -0.3 is 10.3 Å². The second-order valence-corrected chi connectivity index (χ2v) is 5.58. The number of hydrogen-bond donors (Lipinski definition) is 2. The molecule has 0 atom stereocenters. The number of anilines is 1. The first-order valence-corrected chi connectivity index (χ1v) is 7.12. The summed E-state index contributed by atoms with van der Waals surface area (Å²) in [7, 11) is 1.83. The molecular formula is C13H17N5OS. The molecule has 0 bridgehead atoms. The highest BCUT2D eigenvalue weighted by Gasteiger charge is 2.14. The van der Waals surface area contributed by atoms with E-state index in [2.05, 4.69) is 25.3 Å². The SMILES string of the molecule is CNc1nc(C(C)C)nc(Sc2nccc(=O)[nH]2)c1C. The molecule has 106 valence electrons. The predicted molar refractivity (Wildman–Crippen MR) is 79.4 cm³/mol. The van der Waals surface area contributed by atoms with Crippen LogP contribution in [0.5, 0.6) is 0 Å². The molecule has 0 unspecified atom stereocenters. The van der Waals surface area contributed by atoms with E-state index in [1.54, 1.807) is 0 Å². The molecule has 2 N–H and O–H groups in total. The van der Waals surface area contributed by atoms with Crippen molar-refractivity contribution in [1.29, 1.82) is 0 Å². The first-order valence-electron chi connectivity index (χ1n) is 6.30. The van der Waals surface area contributed by atoms with Crippen molar-refractivity contribution >= 4 is 17.6 Å². The Morgan fingerprint density at radius 3 is 2.70 bits per heavy atom. The molecule has 0 aliphatic carbocycles. The van der Waals surface area contributed by atoms with Crippen molar-refractivity contribution in [2.45, 2.75) is 36.9 Å². The van der Waals surface area contributed by atoms with E-state index < -0.39 is 0 Å².